The van der Waals surface area contributed by atoms with E-state index in [9.17, 15) is 9.50 Å². The number of oxime groups is 1. The molecule has 148 valence electrons. The van der Waals surface area contributed by atoms with Gasteiger partial charge in [-0.05, 0) is 61.0 Å². The lowest BCUT2D eigenvalue weighted by Crippen LogP contribution is -2.18. The minimum atomic E-state index is -0.599. The van der Waals surface area contributed by atoms with Gasteiger partial charge < -0.3 is 14.7 Å². The molecule has 1 aromatic carbocycles. The molecule has 0 atom stereocenters. The van der Waals surface area contributed by atoms with Crippen molar-refractivity contribution in [3.8, 4) is 11.8 Å². The lowest BCUT2D eigenvalue weighted by molar-refractivity contribution is 0.00111. The van der Waals surface area contributed by atoms with Crippen molar-refractivity contribution in [1.29, 1.82) is 5.26 Å². The van der Waals surface area contributed by atoms with Gasteiger partial charge in [-0.3, -0.25) is 0 Å². The van der Waals surface area contributed by atoms with E-state index in [2.05, 4.69) is 26.1 Å². The summed E-state index contributed by atoms with van der Waals surface area (Å²) in [4.78, 5) is 9.94. The molecule has 0 bridgehead atoms. The predicted octanol–water partition coefficient (Wildman–Crippen LogP) is 4.47. The van der Waals surface area contributed by atoms with Crippen LogP contribution in [-0.2, 0) is 22.6 Å². The molecular formula is C20H21BrFN3O3. The molecule has 0 aliphatic rings. The third-order valence-electron chi connectivity index (χ3n) is 3.51. The van der Waals surface area contributed by atoms with Crippen LogP contribution in [0.1, 0.15) is 43.3 Å². The minimum Gasteiger partial charge on any atom is -0.505 e. The SMILES string of the molecule is COCc1cc(CC#N)nc(/C(=N\OC(C)(C)C)c2ccc(F)c(Br)c2)c1O. The molecule has 1 heterocycles. The van der Waals surface area contributed by atoms with Gasteiger partial charge in [0.05, 0.1) is 29.3 Å². The zero-order chi connectivity index (χ0) is 20.9. The van der Waals surface area contributed by atoms with E-state index in [1.165, 1.54) is 25.3 Å². The Labute approximate surface area is 171 Å². The smallest absolute Gasteiger partial charge is 0.149 e. The Morgan fingerprint density at radius 2 is 2.07 bits per heavy atom. The van der Waals surface area contributed by atoms with E-state index in [1.807, 2.05) is 26.8 Å². The van der Waals surface area contributed by atoms with Crippen LogP contribution in [0.5, 0.6) is 5.75 Å². The monoisotopic (exact) mass is 449 g/mol. The van der Waals surface area contributed by atoms with Crippen LogP contribution in [0.3, 0.4) is 0 Å². The van der Waals surface area contributed by atoms with Crippen molar-refractivity contribution in [2.75, 3.05) is 7.11 Å². The fourth-order valence-corrected chi connectivity index (χ4v) is 2.69. The van der Waals surface area contributed by atoms with Gasteiger partial charge in [0.2, 0.25) is 0 Å². The molecule has 0 radical (unpaired) electrons. The third kappa shape index (κ3) is 5.50. The highest BCUT2D eigenvalue weighted by Gasteiger charge is 2.21. The van der Waals surface area contributed by atoms with Gasteiger partial charge in [0.1, 0.15) is 28.6 Å². The number of methoxy groups -OCH3 is 1. The third-order valence-corrected chi connectivity index (χ3v) is 4.12. The van der Waals surface area contributed by atoms with Gasteiger partial charge in [-0.25, -0.2) is 9.37 Å². The molecule has 0 aliphatic carbocycles. The minimum absolute atomic E-state index is 0.0461. The van der Waals surface area contributed by atoms with Crippen LogP contribution in [0.25, 0.3) is 0 Å². The van der Waals surface area contributed by atoms with Gasteiger partial charge in [-0.1, -0.05) is 5.16 Å². The van der Waals surface area contributed by atoms with E-state index in [0.29, 0.717) is 16.8 Å². The molecule has 2 aromatic rings. The molecule has 6 nitrogen and oxygen atoms in total. The van der Waals surface area contributed by atoms with Crippen LogP contribution in [0, 0.1) is 17.1 Å². The number of nitriles is 1. The first-order valence-electron chi connectivity index (χ1n) is 8.46. The molecule has 0 unspecified atom stereocenters. The number of rotatable bonds is 6. The first kappa shape index (κ1) is 21.8. The molecule has 8 heteroatoms. The van der Waals surface area contributed by atoms with Gasteiger partial charge in [0.15, 0.2) is 0 Å². The highest BCUT2D eigenvalue weighted by molar-refractivity contribution is 9.10. The highest BCUT2D eigenvalue weighted by atomic mass is 79.9. The Kier molecular flexibility index (Phi) is 7.11. The second-order valence-electron chi connectivity index (χ2n) is 7.01. The maximum Gasteiger partial charge on any atom is 0.149 e. The summed E-state index contributed by atoms with van der Waals surface area (Å²) in [7, 11) is 1.50. The number of ether oxygens (including phenoxy) is 1. The Morgan fingerprint density at radius 1 is 1.36 bits per heavy atom. The van der Waals surface area contributed by atoms with Gasteiger partial charge in [-0.2, -0.15) is 5.26 Å². The quantitative estimate of drug-likeness (QED) is 0.519. The number of hydrogen-bond acceptors (Lipinski definition) is 6. The Hall–Kier alpha value is -2.50. The summed E-state index contributed by atoms with van der Waals surface area (Å²) < 4.78 is 19.1. The standard InChI is InChI=1S/C20H21BrFN3O3/c1-20(2,3)28-25-17(12-5-6-16(22)15(21)10-12)18-19(26)13(11-27-4)9-14(24-18)7-8-23/h5-6,9-10,26H,7,11H2,1-4H3/b25-17-. The van der Waals surface area contributed by atoms with Crippen LogP contribution in [-0.4, -0.2) is 28.5 Å². The number of aromatic hydroxyl groups is 1. The Morgan fingerprint density at radius 3 is 2.64 bits per heavy atom. The molecule has 2 rings (SSSR count). The number of nitrogens with zero attached hydrogens (tertiary/aromatic N) is 3. The maximum absolute atomic E-state index is 13.7. The van der Waals surface area contributed by atoms with E-state index in [0.717, 1.165) is 0 Å². The molecule has 0 saturated heterocycles. The van der Waals surface area contributed by atoms with Gasteiger partial charge in [0.25, 0.3) is 0 Å². The molecule has 0 fully saturated rings. The summed E-state index contributed by atoms with van der Waals surface area (Å²) in [5, 5.41) is 24.0. The number of hydrogen-bond donors (Lipinski definition) is 1. The predicted molar refractivity (Wildman–Crippen MR) is 107 cm³/mol. The summed E-state index contributed by atoms with van der Waals surface area (Å²) in [5.74, 6) is -0.574. The van der Waals surface area contributed by atoms with Crippen LogP contribution in [0.2, 0.25) is 0 Å². The Balaban J connectivity index is 2.72. The van der Waals surface area contributed by atoms with Crippen molar-refractivity contribution in [1.82, 2.24) is 4.98 Å². The first-order chi connectivity index (χ1) is 13.2. The van der Waals surface area contributed by atoms with Crippen molar-refractivity contribution in [3.63, 3.8) is 0 Å². The summed E-state index contributed by atoms with van der Waals surface area (Å²) in [6, 6.07) is 7.95. The number of halogens is 2. The van der Waals surface area contributed by atoms with Gasteiger partial charge in [-0.15, -0.1) is 0 Å². The van der Waals surface area contributed by atoms with Gasteiger partial charge in [0, 0.05) is 18.2 Å². The van der Waals surface area contributed by atoms with E-state index in [4.69, 9.17) is 14.8 Å². The largest absolute Gasteiger partial charge is 0.505 e. The maximum atomic E-state index is 13.7. The number of pyridine rings is 1. The first-order valence-corrected chi connectivity index (χ1v) is 9.25. The van der Waals surface area contributed by atoms with Crippen molar-refractivity contribution >= 4 is 21.6 Å². The van der Waals surface area contributed by atoms with E-state index < -0.39 is 11.4 Å². The average molecular weight is 450 g/mol. The average Bonchev–Trinajstić information content (AvgIpc) is 2.61. The molecular weight excluding hydrogens is 429 g/mol. The summed E-state index contributed by atoms with van der Waals surface area (Å²) >= 11 is 3.16. The molecule has 0 spiro atoms. The zero-order valence-electron chi connectivity index (χ0n) is 16.1. The van der Waals surface area contributed by atoms with Crippen molar-refractivity contribution in [2.24, 2.45) is 5.16 Å². The number of aromatic nitrogens is 1. The van der Waals surface area contributed by atoms with E-state index in [1.54, 1.807) is 6.07 Å². The fraction of sp³-hybridized carbons (Fsp3) is 0.350. The van der Waals surface area contributed by atoms with E-state index in [-0.39, 0.29) is 34.7 Å². The molecule has 1 N–H and O–H groups in total. The highest BCUT2D eigenvalue weighted by Crippen LogP contribution is 2.28. The summed E-state index contributed by atoms with van der Waals surface area (Å²) in [6.45, 7) is 5.60. The van der Waals surface area contributed by atoms with E-state index >= 15 is 0 Å². The van der Waals surface area contributed by atoms with Gasteiger partial charge >= 0.3 is 0 Å². The number of benzene rings is 1. The second-order valence-corrected chi connectivity index (χ2v) is 7.86. The van der Waals surface area contributed by atoms with Crippen molar-refractivity contribution < 1.29 is 19.1 Å². The molecule has 0 aliphatic heterocycles. The lowest BCUT2D eigenvalue weighted by atomic mass is 10.0. The molecule has 1 aromatic heterocycles. The fourth-order valence-electron chi connectivity index (χ4n) is 2.31. The van der Waals surface area contributed by atoms with Crippen LogP contribution >= 0.6 is 15.9 Å². The van der Waals surface area contributed by atoms with Crippen molar-refractivity contribution in [2.45, 2.75) is 39.4 Å². The van der Waals surface area contributed by atoms with Crippen LogP contribution < -0.4 is 0 Å². The zero-order valence-corrected chi connectivity index (χ0v) is 17.7. The normalized spacial score (nSPS) is 12.0. The lowest BCUT2D eigenvalue weighted by Gasteiger charge is -2.18. The Bertz CT molecular complexity index is 934. The van der Waals surface area contributed by atoms with Crippen molar-refractivity contribution in [3.05, 3.63) is 57.1 Å². The molecule has 0 saturated carbocycles. The summed E-state index contributed by atoms with van der Waals surface area (Å²) in [6.07, 6.45) is 0.0461. The second kappa shape index (κ2) is 9.13. The topological polar surface area (TPSA) is 87.7 Å². The molecule has 0 amide bonds. The summed E-state index contributed by atoms with van der Waals surface area (Å²) in [5.41, 5.74) is 1.14. The van der Waals surface area contributed by atoms with Crippen LogP contribution in [0.15, 0.2) is 33.9 Å². The van der Waals surface area contributed by atoms with Crippen LogP contribution in [0.4, 0.5) is 4.39 Å². The molecule has 28 heavy (non-hydrogen) atoms.